The number of aliphatic hydroxyl groups is 2. The third kappa shape index (κ3) is 3.23. The van der Waals surface area contributed by atoms with Gasteiger partial charge in [0, 0.05) is 6.61 Å². The average Bonchev–Trinajstić information content (AvgIpc) is 2.19. The molecular formula is C10H16O4. The molecule has 1 rings (SSSR count). The van der Waals surface area contributed by atoms with Crippen molar-refractivity contribution in [3.63, 3.8) is 0 Å². The van der Waals surface area contributed by atoms with E-state index >= 15 is 0 Å². The first-order valence-electron chi connectivity index (χ1n) is 4.69. The predicted octanol–water partition coefficient (Wildman–Crippen LogP) is 0.213. The molecule has 0 saturated heterocycles. The summed E-state index contributed by atoms with van der Waals surface area (Å²) in [6.07, 6.45) is 4.96. The van der Waals surface area contributed by atoms with Crippen LogP contribution in [0.3, 0.4) is 0 Å². The lowest BCUT2D eigenvalue weighted by molar-refractivity contribution is -0.154. The van der Waals surface area contributed by atoms with Gasteiger partial charge >= 0.3 is 0 Å². The maximum atomic E-state index is 9.48. The van der Waals surface area contributed by atoms with Crippen LogP contribution in [0.15, 0.2) is 24.3 Å². The first kappa shape index (κ1) is 11.4. The molecule has 1 aliphatic heterocycles. The van der Waals surface area contributed by atoms with Crippen LogP contribution in [-0.2, 0) is 9.47 Å². The number of rotatable bonds is 4. The Morgan fingerprint density at radius 3 is 2.93 bits per heavy atom. The van der Waals surface area contributed by atoms with Gasteiger partial charge in [0.15, 0.2) is 6.29 Å². The molecule has 0 aliphatic carbocycles. The highest BCUT2D eigenvalue weighted by Crippen LogP contribution is 2.14. The van der Waals surface area contributed by atoms with Gasteiger partial charge in [-0.1, -0.05) is 18.2 Å². The number of hydrogen-bond acceptors (Lipinski definition) is 4. The van der Waals surface area contributed by atoms with Crippen LogP contribution in [0, 0.1) is 0 Å². The lowest BCUT2D eigenvalue weighted by atomic mass is 10.1. The van der Waals surface area contributed by atoms with E-state index in [9.17, 15) is 5.11 Å². The van der Waals surface area contributed by atoms with Gasteiger partial charge < -0.3 is 19.7 Å². The SMILES string of the molecule is CCO[C@@H]1C=C[C@H](O)[C@@H](/C=C\CO)O1. The van der Waals surface area contributed by atoms with Gasteiger partial charge in [0.25, 0.3) is 0 Å². The molecule has 0 radical (unpaired) electrons. The zero-order valence-electron chi connectivity index (χ0n) is 8.17. The molecule has 0 aromatic carbocycles. The van der Waals surface area contributed by atoms with Crippen molar-refractivity contribution in [3.8, 4) is 0 Å². The van der Waals surface area contributed by atoms with Gasteiger partial charge in [0.2, 0.25) is 0 Å². The largest absolute Gasteiger partial charge is 0.392 e. The maximum Gasteiger partial charge on any atom is 0.177 e. The van der Waals surface area contributed by atoms with E-state index in [-0.39, 0.29) is 6.61 Å². The Hall–Kier alpha value is -0.680. The van der Waals surface area contributed by atoms with Crippen LogP contribution in [0.4, 0.5) is 0 Å². The highest BCUT2D eigenvalue weighted by Gasteiger charge is 2.23. The van der Waals surface area contributed by atoms with Gasteiger partial charge in [0.05, 0.1) is 6.61 Å². The Morgan fingerprint density at radius 1 is 1.50 bits per heavy atom. The first-order chi connectivity index (χ1) is 6.77. The van der Waals surface area contributed by atoms with E-state index in [2.05, 4.69) is 0 Å². The summed E-state index contributed by atoms with van der Waals surface area (Å²) in [7, 11) is 0. The summed E-state index contributed by atoms with van der Waals surface area (Å²) in [5.41, 5.74) is 0. The summed E-state index contributed by atoms with van der Waals surface area (Å²) < 4.78 is 10.6. The van der Waals surface area contributed by atoms with Crippen molar-refractivity contribution in [1.29, 1.82) is 0 Å². The van der Waals surface area contributed by atoms with E-state index in [1.54, 1.807) is 18.2 Å². The molecule has 2 N–H and O–H groups in total. The summed E-state index contributed by atoms with van der Waals surface area (Å²) >= 11 is 0. The van der Waals surface area contributed by atoms with E-state index in [0.29, 0.717) is 6.61 Å². The minimum absolute atomic E-state index is 0.0599. The molecule has 0 spiro atoms. The molecule has 0 aromatic rings. The van der Waals surface area contributed by atoms with Gasteiger partial charge in [-0.25, -0.2) is 0 Å². The fourth-order valence-corrected chi connectivity index (χ4v) is 1.21. The molecule has 4 heteroatoms. The molecule has 1 heterocycles. The van der Waals surface area contributed by atoms with E-state index in [0.717, 1.165) is 0 Å². The second kappa shape index (κ2) is 5.93. The molecular weight excluding hydrogens is 184 g/mol. The third-order valence-electron chi connectivity index (χ3n) is 1.86. The van der Waals surface area contributed by atoms with Crippen molar-refractivity contribution in [2.75, 3.05) is 13.2 Å². The molecule has 14 heavy (non-hydrogen) atoms. The number of aliphatic hydroxyl groups excluding tert-OH is 2. The summed E-state index contributed by atoms with van der Waals surface area (Å²) in [5.74, 6) is 0. The van der Waals surface area contributed by atoms with Crippen molar-refractivity contribution in [2.45, 2.75) is 25.4 Å². The minimum Gasteiger partial charge on any atom is -0.392 e. The summed E-state index contributed by atoms with van der Waals surface area (Å²) in [5, 5.41) is 18.1. The van der Waals surface area contributed by atoms with Gasteiger partial charge in [-0.15, -0.1) is 0 Å². The smallest absolute Gasteiger partial charge is 0.177 e. The van der Waals surface area contributed by atoms with E-state index in [4.69, 9.17) is 14.6 Å². The topological polar surface area (TPSA) is 58.9 Å². The van der Waals surface area contributed by atoms with Crippen molar-refractivity contribution in [2.24, 2.45) is 0 Å². The van der Waals surface area contributed by atoms with Crippen LogP contribution in [0.1, 0.15) is 6.92 Å². The fourth-order valence-electron chi connectivity index (χ4n) is 1.21. The van der Waals surface area contributed by atoms with Gasteiger partial charge in [0.1, 0.15) is 12.2 Å². The fraction of sp³-hybridized carbons (Fsp3) is 0.600. The zero-order valence-corrected chi connectivity index (χ0v) is 8.17. The summed E-state index contributed by atoms with van der Waals surface area (Å²) in [6, 6.07) is 0. The first-order valence-corrected chi connectivity index (χ1v) is 4.69. The second-order valence-corrected chi connectivity index (χ2v) is 2.91. The molecule has 0 fully saturated rings. The van der Waals surface area contributed by atoms with Gasteiger partial charge in [-0.3, -0.25) is 0 Å². The molecule has 1 aliphatic rings. The minimum atomic E-state index is -0.672. The molecule has 0 bridgehead atoms. The van der Waals surface area contributed by atoms with Crippen molar-refractivity contribution in [3.05, 3.63) is 24.3 Å². The lowest BCUT2D eigenvalue weighted by Gasteiger charge is -2.27. The molecule has 4 nitrogen and oxygen atoms in total. The van der Waals surface area contributed by atoms with Crippen molar-refractivity contribution in [1.82, 2.24) is 0 Å². The molecule has 80 valence electrons. The Morgan fingerprint density at radius 2 is 2.29 bits per heavy atom. The average molecular weight is 200 g/mol. The normalized spacial score (nSPS) is 32.6. The summed E-state index contributed by atoms with van der Waals surface area (Å²) in [4.78, 5) is 0. The van der Waals surface area contributed by atoms with Crippen LogP contribution in [0.5, 0.6) is 0 Å². The van der Waals surface area contributed by atoms with Crippen LogP contribution in [-0.4, -0.2) is 41.9 Å². The maximum absolute atomic E-state index is 9.48. The highest BCUT2D eigenvalue weighted by atomic mass is 16.7. The Labute approximate surface area is 83.5 Å². The van der Waals surface area contributed by atoms with E-state index in [1.807, 2.05) is 6.92 Å². The monoisotopic (exact) mass is 200 g/mol. The standard InChI is InChI=1S/C10H16O4/c1-2-13-10-6-5-8(12)9(14-10)4-3-7-11/h3-6,8-12H,2,7H2,1H3/b4-3-/t8-,9+,10-/m0/s1. The van der Waals surface area contributed by atoms with Crippen LogP contribution in [0.25, 0.3) is 0 Å². The lowest BCUT2D eigenvalue weighted by Crippen LogP contribution is -2.34. The van der Waals surface area contributed by atoms with Crippen LogP contribution < -0.4 is 0 Å². The number of hydrogen-bond donors (Lipinski definition) is 2. The van der Waals surface area contributed by atoms with Crippen molar-refractivity contribution < 1.29 is 19.7 Å². The molecule has 3 atom stereocenters. The van der Waals surface area contributed by atoms with Gasteiger partial charge in [-0.05, 0) is 13.0 Å². The zero-order chi connectivity index (χ0) is 10.4. The Bertz CT molecular complexity index is 212. The molecule has 0 saturated carbocycles. The third-order valence-corrected chi connectivity index (χ3v) is 1.86. The van der Waals surface area contributed by atoms with E-state index < -0.39 is 18.5 Å². The Balaban J connectivity index is 2.51. The quantitative estimate of drug-likeness (QED) is 0.637. The Kier molecular flexibility index (Phi) is 4.82. The second-order valence-electron chi connectivity index (χ2n) is 2.91. The molecule has 0 unspecified atom stereocenters. The van der Waals surface area contributed by atoms with Crippen LogP contribution >= 0.6 is 0 Å². The predicted molar refractivity (Wildman–Crippen MR) is 51.7 cm³/mol. The highest BCUT2D eigenvalue weighted by molar-refractivity contribution is 5.06. The number of ether oxygens (including phenoxy) is 2. The van der Waals surface area contributed by atoms with Crippen molar-refractivity contribution >= 4 is 0 Å². The van der Waals surface area contributed by atoms with Gasteiger partial charge in [-0.2, -0.15) is 0 Å². The van der Waals surface area contributed by atoms with Crippen LogP contribution in [0.2, 0.25) is 0 Å². The molecule has 0 aromatic heterocycles. The summed E-state index contributed by atoms with van der Waals surface area (Å²) in [6.45, 7) is 2.37. The van der Waals surface area contributed by atoms with E-state index in [1.165, 1.54) is 6.08 Å². The molecule has 0 amide bonds.